The van der Waals surface area contributed by atoms with Gasteiger partial charge < -0.3 is 19.1 Å². The first-order valence-corrected chi connectivity index (χ1v) is 10.5. The number of halogens is 1. The molecule has 2 aromatic rings. The fraction of sp³-hybridized carbons (Fsp3) is 0.391. The van der Waals surface area contributed by atoms with Crippen LogP contribution >= 0.6 is 11.6 Å². The van der Waals surface area contributed by atoms with Crippen molar-refractivity contribution in [3.63, 3.8) is 0 Å². The lowest BCUT2D eigenvalue weighted by molar-refractivity contribution is -0.150. The third kappa shape index (κ3) is 5.29. The summed E-state index contributed by atoms with van der Waals surface area (Å²) in [4.78, 5) is 29.6. The van der Waals surface area contributed by atoms with E-state index >= 15 is 0 Å². The molecule has 0 spiro atoms. The molecule has 2 aromatic carbocycles. The molecule has 0 aromatic heterocycles. The molecule has 1 aliphatic rings. The maximum absolute atomic E-state index is 13.1. The van der Waals surface area contributed by atoms with Crippen molar-refractivity contribution in [3.8, 4) is 11.5 Å². The van der Waals surface area contributed by atoms with Gasteiger partial charge in [0, 0.05) is 31.2 Å². The number of rotatable bonds is 7. The SMILES string of the molecule is CCOC(=O)C(c1ccc(Cl)cc1)N1CCN(C(=O)c2cc(OC)ccc2OC)CC1. The van der Waals surface area contributed by atoms with Crippen LogP contribution in [0.15, 0.2) is 42.5 Å². The topological polar surface area (TPSA) is 68.3 Å². The second-order valence-electron chi connectivity index (χ2n) is 7.10. The summed E-state index contributed by atoms with van der Waals surface area (Å²) in [5.74, 6) is 0.653. The number of piperazine rings is 1. The van der Waals surface area contributed by atoms with Crippen LogP contribution in [0.4, 0.5) is 0 Å². The second-order valence-corrected chi connectivity index (χ2v) is 7.54. The van der Waals surface area contributed by atoms with E-state index in [1.807, 2.05) is 17.0 Å². The highest BCUT2D eigenvalue weighted by atomic mass is 35.5. The van der Waals surface area contributed by atoms with Gasteiger partial charge in [0.15, 0.2) is 0 Å². The Kier molecular flexibility index (Phi) is 7.76. The first kappa shape index (κ1) is 22.9. The van der Waals surface area contributed by atoms with Crippen LogP contribution in [0.3, 0.4) is 0 Å². The third-order valence-electron chi connectivity index (χ3n) is 5.30. The van der Waals surface area contributed by atoms with Crippen LogP contribution in [0.1, 0.15) is 28.9 Å². The van der Waals surface area contributed by atoms with Crippen LogP contribution in [0, 0.1) is 0 Å². The first-order chi connectivity index (χ1) is 15.0. The summed E-state index contributed by atoms with van der Waals surface area (Å²) >= 11 is 6.01. The van der Waals surface area contributed by atoms with Gasteiger partial charge in [-0.05, 0) is 42.8 Å². The summed E-state index contributed by atoms with van der Waals surface area (Å²) in [7, 11) is 3.09. The molecule has 0 N–H and O–H groups in total. The lowest BCUT2D eigenvalue weighted by Crippen LogP contribution is -2.51. The monoisotopic (exact) mass is 446 g/mol. The molecule has 1 fully saturated rings. The van der Waals surface area contributed by atoms with E-state index in [4.69, 9.17) is 25.8 Å². The van der Waals surface area contributed by atoms with E-state index in [0.717, 1.165) is 5.56 Å². The Balaban J connectivity index is 1.75. The maximum atomic E-state index is 13.1. The Bertz CT molecular complexity index is 911. The lowest BCUT2D eigenvalue weighted by atomic mass is 10.0. The molecule has 0 radical (unpaired) electrons. The normalized spacial score (nSPS) is 15.3. The van der Waals surface area contributed by atoms with E-state index < -0.39 is 6.04 Å². The number of ether oxygens (including phenoxy) is 3. The highest BCUT2D eigenvalue weighted by Crippen LogP contribution is 2.28. The highest BCUT2D eigenvalue weighted by Gasteiger charge is 2.33. The van der Waals surface area contributed by atoms with Gasteiger partial charge in [-0.2, -0.15) is 0 Å². The minimum atomic E-state index is -0.541. The van der Waals surface area contributed by atoms with Crippen LogP contribution in [0.5, 0.6) is 11.5 Å². The van der Waals surface area contributed by atoms with Gasteiger partial charge in [-0.3, -0.25) is 9.69 Å². The molecule has 166 valence electrons. The Morgan fingerprint density at radius 2 is 1.68 bits per heavy atom. The van der Waals surface area contributed by atoms with Gasteiger partial charge in [0.1, 0.15) is 17.5 Å². The van der Waals surface area contributed by atoms with Gasteiger partial charge in [0.25, 0.3) is 5.91 Å². The summed E-state index contributed by atoms with van der Waals surface area (Å²) in [6.07, 6.45) is 0. The van der Waals surface area contributed by atoms with Crippen molar-refractivity contribution in [2.75, 3.05) is 47.0 Å². The summed E-state index contributed by atoms with van der Waals surface area (Å²) in [5.41, 5.74) is 1.27. The molecule has 7 nitrogen and oxygen atoms in total. The predicted molar refractivity (Wildman–Crippen MR) is 118 cm³/mol. The van der Waals surface area contributed by atoms with Crippen LogP contribution in [-0.4, -0.2) is 68.7 Å². The number of carbonyl (C=O) groups excluding carboxylic acids is 2. The molecule has 1 amide bonds. The van der Waals surface area contributed by atoms with Crippen molar-refractivity contribution in [2.24, 2.45) is 0 Å². The smallest absolute Gasteiger partial charge is 0.328 e. The molecule has 31 heavy (non-hydrogen) atoms. The van der Waals surface area contributed by atoms with Gasteiger partial charge in [0.2, 0.25) is 0 Å². The third-order valence-corrected chi connectivity index (χ3v) is 5.55. The molecule has 8 heteroatoms. The van der Waals surface area contributed by atoms with Crippen molar-refractivity contribution >= 4 is 23.5 Å². The molecule has 0 aliphatic carbocycles. The quantitative estimate of drug-likeness (QED) is 0.607. The minimum Gasteiger partial charge on any atom is -0.497 e. The van der Waals surface area contributed by atoms with Gasteiger partial charge >= 0.3 is 5.97 Å². The molecule has 0 bridgehead atoms. The minimum absolute atomic E-state index is 0.130. The van der Waals surface area contributed by atoms with Crippen LogP contribution < -0.4 is 9.47 Å². The first-order valence-electron chi connectivity index (χ1n) is 10.2. The second kappa shape index (κ2) is 10.5. The van der Waals surface area contributed by atoms with Crippen molar-refractivity contribution < 1.29 is 23.8 Å². The van der Waals surface area contributed by atoms with Crippen molar-refractivity contribution in [1.82, 2.24) is 9.80 Å². The molecule has 1 unspecified atom stereocenters. The molecule has 1 saturated heterocycles. The van der Waals surface area contributed by atoms with E-state index in [2.05, 4.69) is 0 Å². The van der Waals surface area contributed by atoms with Crippen LogP contribution in [0.25, 0.3) is 0 Å². The summed E-state index contributed by atoms with van der Waals surface area (Å²) in [6.45, 7) is 4.10. The molecule has 3 rings (SSSR count). The van der Waals surface area contributed by atoms with Gasteiger partial charge in [-0.15, -0.1) is 0 Å². The van der Waals surface area contributed by atoms with Crippen molar-refractivity contribution in [3.05, 3.63) is 58.6 Å². The fourth-order valence-corrected chi connectivity index (χ4v) is 3.82. The highest BCUT2D eigenvalue weighted by molar-refractivity contribution is 6.30. The van der Waals surface area contributed by atoms with Gasteiger partial charge in [-0.1, -0.05) is 23.7 Å². The Morgan fingerprint density at radius 3 is 2.26 bits per heavy atom. The number of carbonyl (C=O) groups is 2. The number of methoxy groups -OCH3 is 2. The van der Waals surface area contributed by atoms with Crippen LogP contribution in [0.2, 0.25) is 5.02 Å². The number of esters is 1. The molecule has 1 atom stereocenters. The van der Waals surface area contributed by atoms with E-state index in [-0.39, 0.29) is 11.9 Å². The molecule has 1 heterocycles. The van der Waals surface area contributed by atoms with Crippen LogP contribution in [-0.2, 0) is 9.53 Å². The average molecular weight is 447 g/mol. The Labute approximate surface area is 187 Å². The van der Waals surface area contributed by atoms with Gasteiger partial charge in [0.05, 0.1) is 26.4 Å². The lowest BCUT2D eigenvalue weighted by Gasteiger charge is -2.38. The maximum Gasteiger partial charge on any atom is 0.328 e. The molecular formula is C23H27ClN2O5. The number of hydrogen-bond acceptors (Lipinski definition) is 6. The number of amides is 1. The van der Waals surface area contributed by atoms with Crippen molar-refractivity contribution in [1.29, 1.82) is 0 Å². The summed E-state index contributed by atoms with van der Waals surface area (Å²) < 4.78 is 15.9. The summed E-state index contributed by atoms with van der Waals surface area (Å²) in [5, 5.41) is 0.606. The van der Waals surface area contributed by atoms with Gasteiger partial charge in [-0.25, -0.2) is 4.79 Å². The van der Waals surface area contributed by atoms with Crippen molar-refractivity contribution in [2.45, 2.75) is 13.0 Å². The predicted octanol–water partition coefficient (Wildman–Crippen LogP) is 3.42. The number of nitrogens with zero attached hydrogens (tertiary/aromatic N) is 2. The zero-order valence-corrected chi connectivity index (χ0v) is 18.7. The largest absolute Gasteiger partial charge is 0.497 e. The Hall–Kier alpha value is -2.77. The molecule has 1 aliphatic heterocycles. The average Bonchev–Trinajstić information content (AvgIpc) is 2.80. The van der Waals surface area contributed by atoms with E-state index in [1.165, 1.54) is 7.11 Å². The van der Waals surface area contributed by atoms with E-state index in [1.54, 1.807) is 49.3 Å². The fourth-order valence-electron chi connectivity index (χ4n) is 3.70. The Morgan fingerprint density at radius 1 is 1.00 bits per heavy atom. The van der Waals surface area contributed by atoms with E-state index in [0.29, 0.717) is 54.9 Å². The molecular weight excluding hydrogens is 420 g/mol. The number of benzene rings is 2. The zero-order chi connectivity index (χ0) is 22.4. The van der Waals surface area contributed by atoms with E-state index in [9.17, 15) is 9.59 Å². The summed E-state index contributed by atoms with van der Waals surface area (Å²) in [6, 6.07) is 11.8. The molecule has 0 saturated carbocycles. The number of hydrogen-bond donors (Lipinski definition) is 0. The standard InChI is InChI=1S/C23H27ClN2O5/c1-4-31-23(28)21(16-5-7-17(24)8-6-16)25-11-13-26(14-12-25)22(27)19-15-18(29-2)9-10-20(19)30-3/h5-10,15,21H,4,11-14H2,1-3H3. The zero-order valence-electron chi connectivity index (χ0n) is 18.0.